The summed E-state index contributed by atoms with van der Waals surface area (Å²) in [4.78, 5) is 13.1. The zero-order valence-corrected chi connectivity index (χ0v) is 20.8. The van der Waals surface area contributed by atoms with Crippen molar-refractivity contribution >= 4 is 26.0 Å². The molecule has 8 nitrogen and oxygen atoms in total. The first-order valence-electron chi connectivity index (χ1n) is 10.9. The van der Waals surface area contributed by atoms with E-state index in [0.29, 0.717) is 24.9 Å². The highest BCUT2D eigenvalue weighted by Crippen LogP contribution is 2.26. The van der Waals surface area contributed by atoms with Crippen LogP contribution in [0.4, 0.5) is 0 Å². The Kier molecular flexibility index (Phi) is 7.94. The van der Waals surface area contributed by atoms with Crippen LogP contribution in [0.15, 0.2) is 52.3 Å². The van der Waals surface area contributed by atoms with E-state index in [2.05, 4.69) is 10.0 Å². The van der Waals surface area contributed by atoms with Crippen LogP contribution >= 0.6 is 0 Å². The minimum absolute atomic E-state index is 0.0408. The van der Waals surface area contributed by atoms with E-state index < -0.39 is 26.0 Å². The molecule has 0 unspecified atom stereocenters. The van der Waals surface area contributed by atoms with Gasteiger partial charge in [-0.15, -0.1) is 0 Å². The summed E-state index contributed by atoms with van der Waals surface area (Å²) in [6.07, 6.45) is 1.17. The lowest BCUT2D eigenvalue weighted by atomic mass is 9.99. The minimum atomic E-state index is -3.70. The first kappa shape index (κ1) is 25.4. The highest BCUT2D eigenvalue weighted by atomic mass is 32.2. The van der Waals surface area contributed by atoms with Crippen molar-refractivity contribution in [1.82, 2.24) is 14.3 Å². The molecule has 1 heterocycles. The fourth-order valence-corrected chi connectivity index (χ4v) is 6.68. The first-order valence-corrected chi connectivity index (χ1v) is 13.8. The molecule has 1 aliphatic heterocycles. The molecule has 0 radical (unpaired) electrons. The van der Waals surface area contributed by atoms with Gasteiger partial charge >= 0.3 is 0 Å². The Balaban J connectivity index is 1.55. The van der Waals surface area contributed by atoms with E-state index in [-0.39, 0.29) is 35.3 Å². The topological polar surface area (TPSA) is 113 Å². The number of hydrogen-bond acceptors (Lipinski definition) is 5. The fraction of sp³-hybridized carbons (Fsp3) is 0.435. The molecule has 0 aliphatic carbocycles. The first-order chi connectivity index (χ1) is 15.5. The molecule has 1 saturated heterocycles. The molecule has 180 valence electrons. The van der Waals surface area contributed by atoms with Gasteiger partial charge in [-0.1, -0.05) is 29.8 Å². The van der Waals surface area contributed by atoms with Crippen LogP contribution in [0.3, 0.4) is 0 Å². The van der Waals surface area contributed by atoms with Gasteiger partial charge in [-0.2, -0.15) is 4.31 Å². The largest absolute Gasteiger partial charge is 0.355 e. The van der Waals surface area contributed by atoms with E-state index in [9.17, 15) is 21.6 Å². The molecule has 1 atom stereocenters. The SMILES string of the molecule is Cc1ccc(S(=O)(=O)NCCNC(=O)[C@@H]2CCCN(S(=O)(=O)c3cc(C)ccc3C)C2)cc1. The van der Waals surface area contributed by atoms with Crippen molar-refractivity contribution in [3.05, 3.63) is 59.2 Å². The number of nitrogens with one attached hydrogen (secondary N) is 2. The van der Waals surface area contributed by atoms with Gasteiger partial charge in [-0.25, -0.2) is 21.6 Å². The van der Waals surface area contributed by atoms with Crippen molar-refractivity contribution in [3.8, 4) is 0 Å². The number of amides is 1. The predicted octanol–water partition coefficient (Wildman–Crippen LogP) is 2.11. The van der Waals surface area contributed by atoms with Crippen molar-refractivity contribution in [3.63, 3.8) is 0 Å². The van der Waals surface area contributed by atoms with Crippen molar-refractivity contribution in [2.75, 3.05) is 26.2 Å². The number of carbonyl (C=O) groups is 1. The molecule has 1 aliphatic rings. The predicted molar refractivity (Wildman–Crippen MR) is 127 cm³/mol. The molecule has 0 saturated carbocycles. The van der Waals surface area contributed by atoms with Gasteiger partial charge in [0.05, 0.1) is 15.7 Å². The van der Waals surface area contributed by atoms with Crippen molar-refractivity contribution in [2.24, 2.45) is 5.92 Å². The molecule has 0 aromatic heterocycles. The normalized spacial score (nSPS) is 17.6. The fourth-order valence-electron chi connectivity index (χ4n) is 3.82. The number of aryl methyl sites for hydroxylation is 3. The summed E-state index contributed by atoms with van der Waals surface area (Å²) in [6.45, 7) is 6.12. The number of piperidine rings is 1. The third-order valence-corrected chi connectivity index (χ3v) is 9.25. The average molecular weight is 494 g/mol. The number of sulfonamides is 2. The summed E-state index contributed by atoms with van der Waals surface area (Å²) < 4.78 is 54.9. The van der Waals surface area contributed by atoms with E-state index in [4.69, 9.17) is 0 Å². The second-order valence-electron chi connectivity index (χ2n) is 8.47. The molecule has 3 rings (SSSR count). The van der Waals surface area contributed by atoms with E-state index in [1.54, 1.807) is 31.2 Å². The van der Waals surface area contributed by atoms with Crippen LogP contribution in [0.1, 0.15) is 29.5 Å². The van der Waals surface area contributed by atoms with Gasteiger partial charge in [-0.3, -0.25) is 4.79 Å². The Morgan fingerprint density at radius 3 is 2.33 bits per heavy atom. The summed E-state index contributed by atoms with van der Waals surface area (Å²) in [7, 11) is -7.35. The van der Waals surface area contributed by atoms with Crippen LogP contribution in [-0.4, -0.2) is 53.2 Å². The van der Waals surface area contributed by atoms with Crippen LogP contribution in [0.25, 0.3) is 0 Å². The molecule has 10 heteroatoms. The lowest BCUT2D eigenvalue weighted by Gasteiger charge is -2.31. The number of rotatable bonds is 8. The molecule has 2 aromatic rings. The summed E-state index contributed by atoms with van der Waals surface area (Å²) in [5.74, 6) is -0.752. The third kappa shape index (κ3) is 6.20. The minimum Gasteiger partial charge on any atom is -0.355 e. The summed E-state index contributed by atoms with van der Waals surface area (Å²) >= 11 is 0. The number of nitrogens with zero attached hydrogens (tertiary/aromatic N) is 1. The maximum Gasteiger partial charge on any atom is 0.243 e. The van der Waals surface area contributed by atoms with Crippen LogP contribution in [0.5, 0.6) is 0 Å². The smallest absolute Gasteiger partial charge is 0.243 e. The van der Waals surface area contributed by atoms with E-state index in [0.717, 1.165) is 11.1 Å². The summed E-state index contributed by atoms with van der Waals surface area (Å²) in [5, 5.41) is 2.73. The van der Waals surface area contributed by atoms with Gasteiger partial charge in [-0.05, 0) is 62.9 Å². The lowest BCUT2D eigenvalue weighted by molar-refractivity contribution is -0.126. The molecule has 1 fully saturated rings. The Morgan fingerprint density at radius 2 is 1.64 bits per heavy atom. The van der Waals surface area contributed by atoms with Gasteiger partial charge in [0.15, 0.2) is 0 Å². The van der Waals surface area contributed by atoms with Gasteiger partial charge in [0.25, 0.3) is 0 Å². The Morgan fingerprint density at radius 1 is 0.970 bits per heavy atom. The van der Waals surface area contributed by atoms with Crippen LogP contribution < -0.4 is 10.0 Å². The van der Waals surface area contributed by atoms with E-state index >= 15 is 0 Å². The zero-order chi connectivity index (χ0) is 24.2. The third-order valence-electron chi connectivity index (χ3n) is 5.76. The maximum absolute atomic E-state index is 13.2. The summed E-state index contributed by atoms with van der Waals surface area (Å²) in [5.41, 5.74) is 2.49. The van der Waals surface area contributed by atoms with Crippen LogP contribution in [0, 0.1) is 26.7 Å². The average Bonchev–Trinajstić information content (AvgIpc) is 2.78. The van der Waals surface area contributed by atoms with Gasteiger partial charge in [0.1, 0.15) is 0 Å². The van der Waals surface area contributed by atoms with Crippen molar-refractivity contribution in [2.45, 2.75) is 43.4 Å². The second kappa shape index (κ2) is 10.3. The Hall–Kier alpha value is -2.27. The second-order valence-corrected chi connectivity index (χ2v) is 12.1. The van der Waals surface area contributed by atoms with Gasteiger partial charge in [0.2, 0.25) is 26.0 Å². The van der Waals surface area contributed by atoms with E-state index in [1.807, 2.05) is 19.9 Å². The van der Waals surface area contributed by atoms with Crippen molar-refractivity contribution in [1.29, 1.82) is 0 Å². The molecule has 2 aromatic carbocycles. The molecular formula is C23H31N3O5S2. The van der Waals surface area contributed by atoms with E-state index in [1.165, 1.54) is 16.4 Å². The number of carbonyl (C=O) groups excluding carboxylic acids is 1. The van der Waals surface area contributed by atoms with Crippen LogP contribution in [-0.2, 0) is 24.8 Å². The Labute approximate surface area is 196 Å². The molecule has 0 spiro atoms. The monoisotopic (exact) mass is 493 g/mol. The highest BCUT2D eigenvalue weighted by Gasteiger charge is 2.34. The Bertz CT molecular complexity index is 1210. The molecule has 2 N–H and O–H groups in total. The van der Waals surface area contributed by atoms with Gasteiger partial charge in [0, 0.05) is 26.2 Å². The number of hydrogen-bond donors (Lipinski definition) is 2. The maximum atomic E-state index is 13.2. The number of benzene rings is 2. The zero-order valence-electron chi connectivity index (χ0n) is 19.2. The standard InChI is InChI=1S/C23H31N3O5S2/c1-17-7-10-21(11-8-17)32(28,29)25-13-12-24-23(27)20-5-4-14-26(16-20)33(30,31)22-15-18(2)6-9-19(22)3/h6-11,15,20,25H,4-5,12-14,16H2,1-3H3,(H,24,27)/t20-/m1/s1. The van der Waals surface area contributed by atoms with Gasteiger partial charge < -0.3 is 5.32 Å². The lowest BCUT2D eigenvalue weighted by Crippen LogP contribution is -2.46. The molecule has 33 heavy (non-hydrogen) atoms. The highest BCUT2D eigenvalue weighted by molar-refractivity contribution is 7.89. The van der Waals surface area contributed by atoms with Crippen molar-refractivity contribution < 1.29 is 21.6 Å². The quantitative estimate of drug-likeness (QED) is 0.547. The van der Waals surface area contributed by atoms with Crippen LogP contribution in [0.2, 0.25) is 0 Å². The molecule has 0 bridgehead atoms. The summed E-state index contributed by atoms with van der Waals surface area (Å²) in [6, 6.07) is 11.8. The molecule has 1 amide bonds. The molecular weight excluding hydrogens is 462 g/mol.